The molecule has 1 N–H and O–H groups in total. The summed E-state index contributed by atoms with van der Waals surface area (Å²) in [7, 11) is 0. The van der Waals surface area contributed by atoms with Crippen molar-refractivity contribution >= 4 is 10.9 Å². The smallest absolute Gasteiger partial charge is 0.214 e. The molecule has 2 rings (SSSR count). The van der Waals surface area contributed by atoms with Crippen molar-refractivity contribution in [2.24, 2.45) is 0 Å². The van der Waals surface area contributed by atoms with Crippen molar-refractivity contribution in [3.05, 3.63) is 48.6 Å². The number of fused-ring (bicyclic) bond motifs is 1. The molecule has 20 heavy (non-hydrogen) atoms. The van der Waals surface area contributed by atoms with Crippen LogP contribution in [0.5, 0.6) is 5.88 Å². The molecule has 106 valence electrons. The van der Waals surface area contributed by atoms with Crippen molar-refractivity contribution in [2.45, 2.75) is 32.9 Å². The van der Waals surface area contributed by atoms with Crippen LogP contribution in [0.3, 0.4) is 0 Å². The molecule has 0 amide bonds. The second-order valence-corrected chi connectivity index (χ2v) is 5.84. The van der Waals surface area contributed by atoms with Gasteiger partial charge in [0.25, 0.3) is 0 Å². The van der Waals surface area contributed by atoms with Crippen LogP contribution in [0.1, 0.15) is 26.3 Å². The van der Waals surface area contributed by atoms with Crippen molar-refractivity contribution in [2.75, 3.05) is 6.61 Å². The molecule has 1 aromatic heterocycles. The highest BCUT2D eigenvalue weighted by Gasteiger charge is 2.11. The number of nitrogens with zero attached hydrogens (tertiary/aromatic N) is 1. The molecule has 0 unspecified atom stereocenters. The lowest BCUT2D eigenvalue weighted by Gasteiger charge is -2.21. The summed E-state index contributed by atoms with van der Waals surface area (Å²) in [5.41, 5.74) is 2.23. The number of hydrogen-bond donors (Lipinski definition) is 1. The summed E-state index contributed by atoms with van der Waals surface area (Å²) in [5, 5.41) is 4.67. The van der Waals surface area contributed by atoms with E-state index in [2.05, 4.69) is 43.7 Å². The van der Waals surface area contributed by atoms with Gasteiger partial charge in [-0.25, -0.2) is 4.98 Å². The zero-order valence-electron chi connectivity index (χ0n) is 12.4. The van der Waals surface area contributed by atoms with Crippen molar-refractivity contribution in [3.63, 3.8) is 0 Å². The highest BCUT2D eigenvalue weighted by Crippen LogP contribution is 2.22. The summed E-state index contributed by atoms with van der Waals surface area (Å²) in [5.74, 6) is 0.648. The van der Waals surface area contributed by atoms with E-state index >= 15 is 0 Å². The molecule has 2 aromatic rings. The fraction of sp³-hybridized carbons (Fsp3) is 0.353. The van der Waals surface area contributed by atoms with Gasteiger partial charge in [0, 0.05) is 23.5 Å². The average Bonchev–Trinajstić information content (AvgIpc) is 2.41. The number of rotatable bonds is 5. The van der Waals surface area contributed by atoms with Crippen molar-refractivity contribution in [1.82, 2.24) is 10.3 Å². The maximum absolute atomic E-state index is 5.58. The van der Waals surface area contributed by atoms with Crippen LogP contribution in [0.4, 0.5) is 0 Å². The molecule has 3 nitrogen and oxygen atoms in total. The van der Waals surface area contributed by atoms with Crippen LogP contribution in [-0.2, 0) is 6.54 Å². The quantitative estimate of drug-likeness (QED) is 0.841. The summed E-state index contributed by atoms with van der Waals surface area (Å²) >= 11 is 0. The Morgan fingerprint density at radius 3 is 2.75 bits per heavy atom. The van der Waals surface area contributed by atoms with Crippen LogP contribution in [0.2, 0.25) is 0 Å². The lowest BCUT2D eigenvalue weighted by Crippen LogP contribution is -2.35. The Balaban J connectivity index is 2.35. The average molecular weight is 270 g/mol. The summed E-state index contributed by atoms with van der Waals surface area (Å²) < 4.78 is 5.58. The topological polar surface area (TPSA) is 34.1 Å². The van der Waals surface area contributed by atoms with E-state index in [0.717, 1.165) is 17.4 Å². The Hall–Kier alpha value is -1.87. The maximum atomic E-state index is 5.58. The molecule has 0 atom stereocenters. The second-order valence-electron chi connectivity index (χ2n) is 5.84. The molecule has 0 aliphatic rings. The molecule has 1 heterocycles. The molecule has 3 heteroatoms. The van der Waals surface area contributed by atoms with Crippen molar-refractivity contribution in [1.29, 1.82) is 0 Å². The van der Waals surface area contributed by atoms with E-state index in [1.807, 2.05) is 24.3 Å². The normalized spacial score (nSPS) is 11.6. The lowest BCUT2D eigenvalue weighted by atomic mass is 10.1. The van der Waals surface area contributed by atoms with Crippen LogP contribution in [0, 0.1) is 0 Å². The van der Waals surface area contributed by atoms with E-state index in [9.17, 15) is 0 Å². The largest absolute Gasteiger partial charge is 0.473 e. The number of hydrogen-bond acceptors (Lipinski definition) is 3. The number of benzene rings is 1. The van der Waals surface area contributed by atoms with Crippen LogP contribution in [0.15, 0.2) is 43.0 Å². The predicted octanol–water partition coefficient (Wildman–Crippen LogP) is 3.69. The molecule has 0 fully saturated rings. The highest BCUT2D eigenvalue weighted by atomic mass is 16.5. The zero-order valence-corrected chi connectivity index (χ0v) is 12.4. The Kier molecular flexibility index (Phi) is 4.40. The third-order valence-corrected chi connectivity index (χ3v) is 2.94. The molecule has 0 saturated carbocycles. The number of nitrogens with one attached hydrogen (secondary N) is 1. The van der Waals surface area contributed by atoms with Gasteiger partial charge >= 0.3 is 0 Å². The first-order valence-electron chi connectivity index (χ1n) is 6.87. The van der Waals surface area contributed by atoms with E-state index < -0.39 is 0 Å². The third-order valence-electron chi connectivity index (χ3n) is 2.94. The van der Waals surface area contributed by atoms with Gasteiger partial charge in [-0.2, -0.15) is 0 Å². The molecular formula is C17H22N2O. The zero-order chi connectivity index (χ0) is 14.6. The van der Waals surface area contributed by atoms with E-state index in [1.165, 1.54) is 5.56 Å². The van der Waals surface area contributed by atoms with E-state index in [1.54, 1.807) is 6.08 Å². The first-order chi connectivity index (χ1) is 9.49. The minimum absolute atomic E-state index is 0.0759. The molecule has 0 aliphatic heterocycles. The Morgan fingerprint density at radius 1 is 1.30 bits per heavy atom. The fourth-order valence-corrected chi connectivity index (χ4v) is 1.95. The fourth-order valence-electron chi connectivity index (χ4n) is 1.95. The van der Waals surface area contributed by atoms with E-state index in [0.29, 0.717) is 12.5 Å². The SMILES string of the molecule is C=CCOc1cc(CNC(C)(C)C)c2ccccc2n1. The minimum atomic E-state index is 0.0759. The van der Waals surface area contributed by atoms with Gasteiger partial charge in [-0.15, -0.1) is 0 Å². The van der Waals surface area contributed by atoms with Crippen molar-refractivity contribution < 1.29 is 4.74 Å². The molecule has 0 bridgehead atoms. The van der Waals surface area contributed by atoms with Gasteiger partial charge in [-0.1, -0.05) is 30.9 Å². The Labute approximate surface area is 120 Å². The maximum Gasteiger partial charge on any atom is 0.214 e. The van der Waals surface area contributed by atoms with Crippen molar-refractivity contribution in [3.8, 4) is 5.88 Å². The summed E-state index contributed by atoms with van der Waals surface area (Å²) in [4.78, 5) is 4.52. The van der Waals surface area contributed by atoms with Crippen LogP contribution < -0.4 is 10.1 Å². The van der Waals surface area contributed by atoms with Gasteiger partial charge in [0.1, 0.15) is 6.61 Å². The molecular weight excluding hydrogens is 248 g/mol. The standard InChI is InChI=1S/C17H22N2O/c1-5-10-20-16-11-13(12-18-17(2,3)4)14-8-6-7-9-15(14)19-16/h5-9,11,18H,1,10,12H2,2-4H3. The van der Waals surface area contributed by atoms with Gasteiger partial charge in [-0.05, 0) is 32.4 Å². The highest BCUT2D eigenvalue weighted by molar-refractivity contribution is 5.82. The summed E-state index contributed by atoms with van der Waals surface area (Å²) in [6.07, 6.45) is 1.73. The molecule has 0 spiro atoms. The first-order valence-corrected chi connectivity index (χ1v) is 6.87. The summed E-state index contributed by atoms with van der Waals surface area (Å²) in [6.45, 7) is 11.4. The van der Waals surface area contributed by atoms with Gasteiger partial charge in [-0.3, -0.25) is 0 Å². The molecule has 0 radical (unpaired) electrons. The van der Waals surface area contributed by atoms with E-state index in [4.69, 9.17) is 4.74 Å². The predicted molar refractivity (Wildman–Crippen MR) is 84.0 cm³/mol. The summed E-state index contributed by atoms with van der Waals surface area (Å²) in [6, 6.07) is 10.1. The first kappa shape index (κ1) is 14.5. The van der Waals surface area contributed by atoms with Gasteiger partial charge in [0.05, 0.1) is 5.52 Å². The van der Waals surface area contributed by atoms with Gasteiger partial charge < -0.3 is 10.1 Å². The minimum Gasteiger partial charge on any atom is -0.473 e. The number of aromatic nitrogens is 1. The third kappa shape index (κ3) is 3.81. The van der Waals surface area contributed by atoms with Gasteiger partial charge in [0.15, 0.2) is 0 Å². The number of para-hydroxylation sites is 1. The van der Waals surface area contributed by atoms with Crippen LogP contribution in [-0.4, -0.2) is 17.1 Å². The molecule has 1 aromatic carbocycles. The van der Waals surface area contributed by atoms with Crippen LogP contribution in [0.25, 0.3) is 10.9 Å². The lowest BCUT2D eigenvalue weighted by molar-refractivity contribution is 0.349. The number of pyridine rings is 1. The van der Waals surface area contributed by atoms with Gasteiger partial charge in [0.2, 0.25) is 5.88 Å². The molecule has 0 saturated heterocycles. The van der Waals surface area contributed by atoms with Crippen LogP contribution >= 0.6 is 0 Å². The Bertz CT molecular complexity index is 599. The Morgan fingerprint density at radius 2 is 2.05 bits per heavy atom. The van der Waals surface area contributed by atoms with E-state index in [-0.39, 0.29) is 5.54 Å². The monoisotopic (exact) mass is 270 g/mol. The second kappa shape index (κ2) is 6.06. The molecule has 0 aliphatic carbocycles. The number of ether oxygens (including phenoxy) is 1.